The van der Waals surface area contributed by atoms with E-state index in [2.05, 4.69) is 10.4 Å². The molecule has 0 aliphatic heterocycles. The normalized spacial score (nSPS) is 10.9. The first-order valence-corrected chi connectivity index (χ1v) is 9.14. The van der Waals surface area contributed by atoms with E-state index in [9.17, 15) is 9.18 Å². The molecule has 1 heterocycles. The Bertz CT molecular complexity index is 1130. The average molecular weight is 383 g/mol. The molecule has 3 aromatic carbocycles. The lowest BCUT2D eigenvalue weighted by molar-refractivity contribution is -0.111. The Morgan fingerprint density at radius 2 is 1.55 bits per heavy atom. The van der Waals surface area contributed by atoms with E-state index in [1.165, 1.54) is 18.2 Å². The monoisotopic (exact) mass is 383 g/mol. The van der Waals surface area contributed by atoms with Crippen LogP contribution in [0.25, 0.3) is 23.0 Å². The number of hydrogen-bond donors (Lipinski definition) is 1. The molecule has 142 valence electrons. The Kier molecular flexibility index (Phi) is 5.29. The van der Waals surface area contributed by atoms with Gasteiger partial charge in [0.2, 0.25) is 5.91 Å². The van der Waals surface area contributed by atoms with Crippen molar-refractivity contribution < 1.29 is 9.18 Å². The zero-order valence-electron chi connectivity index (χ0n) is 15.5. The number of carbonyl (C=O) groups is 1. The van der Waals surface area contributed by atoms with Crippen molar-refractivity contribution in [3.8, 4) is 16.9 Å². The number of carbonyl (C=O) groups excluding carboxylic acids is 1. The number of amides is 1. The fourth-order valence-corrected chi connectivity index (χ4v) is 2.93. The maximum absolute atomic E-state index is 13.3. The number of hydrogen-bond acceptors (Lipinski definition) is 2. The van der Waals surface area contributed by atoms with Gasteiger partial charge in [0.1, 0.15) is 5.82 Å². The Labute approximate surface area is 167 Å². The van der Waals surface area contributed by atoms with Crippen molar-refractivity contribution in [1.82, 2.24) is 9.78 Å². The number of anilines is 1. The van der Waals surface area contributed by atoms with Gasteiger partial charge in [-0.3, -0.25) is 4.79 Å². The van der Waals surface area contributed by atoms with Crippen LogP contribution in [0, 0.1) is 5.82 Å². The SMILES string of the molecule is O=C(C=Cc1cn(-c2ccccc2)nc1-c1ccc(F)cc1)Nc1ccccc1. The molecule has 0 radical (unpaired) electrons. The van der Waals surface area contributed by atoms with Gasteiger partial charge in [0, 0.05) is 29.1 Å². The van der Waals surface area contributed by atoms with Crippen LogP contribution in [0.2, 0.25) is 0 Å². The number of benzene rings is 3. The minimum absolute atomic E-state index is 0.242. The number of para-hydroxylation sites is 2. The zero-order valence-corrected chi connectivity index (χ0v) is 15.5. The molecule has 0 saturated carbocycles. The maximum atomic E-state index is 13.3. The molecule has 0 spiro atoms. The number of nitrogens with zero attached hydrogens (tertiary/aromatic N) is 2. The summed E-state index contributed by atoms with van der Waals surface area (Å²) in [6.07, 6.45) is 5.02. The Balaban J connectivity index is 1.66. The Hall–Kier alpha value is -3.99. The van der Waals surface area contributed by atoms with Gasteiger partial charge in [-0.1, -0.05) is 36.4 Å². The quantitative estimate of drug-likeness (QED) is 0.474. The van der Waals surface area contributed by atoms with E-state index in [4.69, 9.17) is 0 Å². The lowest BCUT2D eigenvalue weighted by atomic mass is 10.1. The smallest absolute Gasteiger partial charge is 0.248 e. The minimum Gasteiger partial charge on any atom is -0.323 e. The fourth-order valence-electron chi connectivity index (χ4n) is 2.93. The van der Waals surface area contributed by atoms with E-state index in [0.29, 0.717) is 5.69 Å². The maximum Gasteiger partial charge on any atom is 0.248 e. The molecule has 1 N–H and O–H groups in total. The Morgan fingerprint density at radius 3 is 2.24 bits per heavy atom. The number of halogens is 1. The molecule has 4 rings (SSSR count). The first-order chi connectivity index (χ1) is 14.2. The van der Waals surface area contributed by atoms with Gasteiger partial charge in [0.05, 0.1) is 11.4 Å². The fraction of sp³-hybridized carbons (Fsp3) is 0. The summed E-state index contributed by atoms with van der Waals surface area (Å²) in [6, 6.07) is 25.1. The molecule has 5 heteroatoms. The van der Waals surface area contributed by atoms with Gasteiger partial charge in [-0.2, -0.15) is 5.10 Å². The molecule has 1 amide bonds. The second kappa shape index (κ2) is 8.35. The first kappa shape index (κ1) is 18.4. The third-order valence-electron chi connectivity index (χ3n) is 4.34. The molecular weight excluding hydrogens is 365 g/mol. The van der Waals surface area contributed by atoms with Crippen LogP contribution in [-0.4, -0.2) is 15.7 Å². The molecule has 0 aliphatic rings. The molecule has 0 aliphatic carbocycles. The summed E-state index contributed by atoms with van der Waals surface area (Å²) in [7, 11) is 0. The lowest BCUT2D eigenvalue weighted by Gasteiger charge is -2.01. The highest BCUT2D eigenvalue weighted by Gasteiger charge is 2.11. The predicted octanol–water partition coefficient (Wildman–Crippen LogP) is 5.33. The topological polar surface area (TPSA) is 46.9 Å². The molecule has 0 atom stereocenters. The van der Waals surface area contributed by atoms with E-state index < -0.39 is 0 Å². The summed E-state index contributed by atoms with van der Waals surface area (Å²) in [6.45, 7) is 0. The van der Waals surface area contributed by atoms with E-state index in [0.717, 1.165) is 22.5 Å². The highest BCUT2D eigenvalue weighted by atomic mass is 19.1. The van der Waals surface area contributed by atoms with Gasteiger partial charge in [-0.05, 0) is 54.6 Å². The van der Waals surface area contributed by atoms with Crippen LogP contribution >= 0.6 is 0 Å². The van der Waals surface area contributed by atoms with Gasteiger partial charge in [0.15, 0.2) is 0 Å². The third kappa shape index (κ3) is 4.47. The molecule has 1 aromatic heterocycles. The first-order valence-electron chi connectivity index (χ1n) is 9.14. The molecule has 0 saturated heterocycles. The van der Waals surface area contributed by atoms with E-state index in [1.54, 1.807) is 22.9 Å². The number of nitrogens with one attached hydrogen (secondary N) is 1. The van der Waals surface area contributed by atoms with Crippen molar-refractivity contribution in [1.29, 1.82) is 0 Å². The average Bonchev–Trinajstić information content (AvgIpc) is 3.18. The molecule has 4 nitrogen and oxygen atoms in total. The summed E-state index contributed by atoms with van der Waals surface area (Å²) in [4.78, 5) is 12.3. The second-order valence-corrected chi connectivity index (χ2v) is 6.41. The molecule has 0 fully saturated rings. The van der Waals surface area contributed by atoms with Gasteiger partial charge < -0.3 is 5.32 Å². The predicted molar refractivity (Wildman–Crippen MR) is 113 cm³/mol. The van der Waals surface area contributed by atoms with Gasteiger partial charge in [0.25, 0.3) is 0 Å². The van der Waals surface area contributed by atoms with Crippen molar-refractivity contribution in [2.24, 2.45) is 0 Å². The molecule has 0 bridgehead atoms. The van der Waals surface area contributed by atoms with E-state index >= 15 is 0 Å². The number of aromatic nitrogens is 2. The standard InChI is InChI=1S/C24H18FN3O/c25-20-14-11-18(12-15-20)24-19(17-28(27-24)22-9-5-2-6-10-22)13-16-23(29)26-21-7-3-1-4-8-21/h1-17H,(H,26,29). The van der Waals surface area contributed by atoms with Crippen molar-refractivity contribution in [2.45, 2.75) is 0 Å². The molecule has 4 aromatic rings. The van der Waals surface area contributed by atoms with Gasteiger partial charge in [-0.25, -0.2) is 9.07 Å². The van der Waals surface area contributed by atoms with Gasteiger partial charge in [-0.15, -0.1) is 0 Å². The Morgan fingerprint density at radius 1 is 0.897 bits per heavy atom. The van der Waals surface area contributed by atoms with Crippen LogP contribution < -0.4 is 5.32 Å². The highest BCUT2D eigenvalue weighted by Crippen LogP contribution is 2.25. The lowest BCUT2D eigenvalue weighted by Crippen LogP contribution is -2.07. The zero-order chi connectivity index (χ0) is 20.1. The summed E-state index contributed by atoms with van der Waals surface area (Å²) in [5, 5.41) is 7.47. The molecular formula is C24H18FN3O. The summed E-state index contributed by atoms with van der Waals surface area (Å²) in [5.41, 5.74) is 3.80. The van der Waals surface area contributed by atoms with Crippen LogP contribution in [-0.2, 0) is 4.79 Å². The summed E-state index contributed by atoms with van der Waals surface area (Å²) >= 11 is 0. The minimum atomic E-state index is -0.310. The molecule has 0 unspecified atom stereocenters. The summed E-state index contributed by atoms with van der Waals surface area (Å²) in [5.74, 6) is -0.552. The summed E-state index contributed by atoms with van der Waals surface area (Å²) < 4.78 is 15.1. The van der Waals surface area contributed by atoms with Crippen LogP contribution in [0.1, 0.15) is 5.56 Å². The van der Waals surface area contributed by atoms with Crippen molar-refractivity contribution in [3.05, 3.63) is 109 Å². The van der Waals surface area contributed by atoms with Crippen molar-refractivity contribution in [2.75, 3.05) is 5.32 Å². The van der Waals surface area contributed by atoms with Gasteiger partial charge >= 0.3 is 0 Å². The van der Waals surface area contributed by atoms with E-state index in [-0.39, 0.29) is 11.7 Å². The van der Waals surface area contributed by atoms with Crippen LogP contribution in [0.5, 0.6) is 0 Å². The number of rotatable bonds is 5. The van der Waals surface area contributed by atoms with Crippen LogP contribution in [0.3, 0.4) is 0 Å². The van der Waals surface area contributed by atoms with Crippen LogP contribution in [0.15, 0.2) is 97.2 Å². The third-order valence-corrected chi connectivity index (χ3v) is 4.34. The largest absolute Gasteiger partial charge is 0.323 e. The van der Waals surface area contributed by atoms with Crippen molar-refractivity contribution >= 4 is 17.7 Å². The second-order valence-electron chi connectivity index (χ2n) is 6.41. The van der Waals surface area contributed by atoms with E-state index in [1.807, 2.05) is 66.9 Å². The van der Waals surface area contributed by atoms with Crippen LogP contribution in [0.4, 0.5) is 10.1 Å². The van der Waals surface area contributed by atoms with Crippen molar-refractivity contribution in [3.63, 3.8) is 0 Å². The highest BCUT2D eigenvalue weighted by molar-refractivity contribution is 6.02. The molecule has 29 heavy (non-hydrogen) atoms.